The molecule has 0 bridgehead atoms. The van der Waals surface area contributed by atoms with Gasteiger partial charge in [0.2, 0.25) is 5.91 Å². The molecule has 6 nitrogen and oxygen atoms in total. The van der Waals surface area contributed by atoms with E-state index in [0.29, 0.717) is 24.2 Å². The van der Waals surface area contributed by atoms with Crippen LogP contribution in [0.5, 0.6) is 0 Å². The maximum absolute atomic E-state index is 12.7. The van der Waals surface area contributed by atoms with Crippen molar-refractivity contribution < 1.29 is 14.4 Å². The van der Waals surface area contributed by atoms with Gasteiger partial charge in [-0.05, 0) is 24.6 Å². The van der Waals surface area contributed by atoms with Crippen LogP contribution in [0.4, 0.5) is 0 Å². The van der Waals surface area contributed by atoms with Gasteiger partial charge in [0.05, 0.1) is 11.1 Å². The molecule has 6 heteroatoms. The third-order valence-electron chi connectivity index (χ3n) is 5.77. The van der Waals surface area contributed by atoms with Crippen LogP contribution in [0.2, 0.25) is 0 Å². The monoisotopic (exact) mass is 391 g/mol. The second kappa shape index (κ2) is 8.17. The molecule has 3 amide bonds. The quantitative estimate of drug-likeness (QED) is 0.735. The van der Waals surface area contributed by atoms with E-state index >= 15 is 0 Å². The second-order valence-corrected chi connectivity index (χ2v) is 7.70. The van der Waals surface area contributed by atoms with E-state index in [1.165, 1.54) is 10.5 Å². The van der Waals surface area contributed by atoms with E-state index in [2.05, 4.69) is 24.0 Å². The van der Waals surface area contributed by atoms with Crippen molar-refractivity contribution in [2.45, 2.75) is 25.9 Å². The summed E-state index contributed by atoms with van der Waals surface area (Å²) in [4.78, 5) is 43.0. The van der Waals surface area contributed by atoms with Crippen LogP contribution in [0.3, 0.4) is 0 Å². The number of rotatable bonds is 5. The Kier molecular flexibility index (Phi) is 5.45. The molecule has 1 fully saturated rings. The topological polar surface area (TPSA) is 60.9 Å². The number of fused-ring (bicyclic) bond motifs is 1. The summed E-state index contributed by atoms with van der Waals surface area (Å²) in [6, 6.07) is 17.4. The first kappa shape index (κ1) is 19.3. The molecule has 2 aromatic carbocycles. The largest absolute Gasteiger partial charge is 0.340 e. The minimum Gasteiger partial charge on any atom is -0.340 e. The average Bonchev–Trinajstić information content (AvgIpc) is 2.99. The molecule has 0 aliphatic carbocycles. The van der Waals surface area contributed by atoms with Crippen LogP contribution in [0.15, 0.2) is 54.6 Å². The highest BCUT2D eigenvalue weighted by molar-refractivity contribution is 6.21. The van der Waals surface area contributed by atoms with Gasteiger partial charge in [0.1, 0.15) is 0 Å². The molecule has 1 saturated heterocycles. The van der Waals surface area contributed by atoms with Gasteiger partial charge < -0.3 is 4.90 Å². The fourth-order valence-corrected chi connectivity index (χ4v) is 4.08. The molecule has 1 atom stereocenters. The maximum atomic E-state index is 12.7. The highest BCUT2D eigenvalue weighted by atomic mass is 16.2. The van der Waals surface area contributed by atoms with Gasteiger partial charge in [-0.2, -0.15) is 0 Å². The molecule has 0 N–H and O–H groups in total. The molecule has 2 aromatic rings. The third-order valence-corrected chi connectivity index (χ3v) is 5.77. The summed E-state index contributed by atoms with van der Waals surface area (Å²) in [7, 11) is 0. The Balaban J connectivity index is 1.30. The Morgan fingerprint density at radius 1 is 0.931 bits per heavy atom. The number of piperazine rings is 1. The van der Waals surface area contributed by atoms with Crippen molar-refractivity contribution in [3.8, 4) is 0 Å². The van der Waals surface area contributed by atoms with E-state index < -0.39 is 0 Å². The first-order valence-corrected chi connectivity index (χ1v) is 10.1. The molecule has 29 heavy (non-hydrogen) atoms. The van der Waals surface area contributed by atoms with Gasteiger partial charge in [-0.15, -0.1) is 0 Å². The van der Waals surface area contributed by atoms with Gasteiger partial charge >= 0.3 is 0 Å². The summed E-state index contributed by atoms with van der Waals surface area (Å²) in [6.07, 6.45) is 0.164. The SMILES string of the molecule is CC1CN(C(=O)CCN2C(=O)c3ccccc3C2=O)CCN1Cc1ccccc1. The zero-order chi connectivity index (χ0) is 20.4. The number of nitrogens with zero attached hydrogens (tertiary/aromatic N) is 3. The van der Waals surface area contributed by atoms with Gasteiger partial charge in [0.25, 0.3) is 11.8 Å². The van der Waals surface area contributed by atoms with Crippen molar-refractivity contribution in [3.05, 3.63) is 71.3 Å². The highest BCUT2D eigenvalue weighted by Crippen LogP contribution is 2.23. The Hall–Kier alpha value is -2.99. The summed E-state index contributed by atoms with van der Waals surface area (Å²) < 4.78 is 0. The smallest absolute Gasteiger partial charge is 0.261 e. The van der Waals surface area contributed by atoms with E-state index in [4.69, 9.17) is 0 Å². The number of hydrogen-bond acceptors (Lipinski definition) is 4. The number of carbonyl (C=O) groups is 3. The molecule has 150 valence electrons. The van der Waals surface area contributed by atoms with Gasteiger partial charge in [-0.25, -0.2) is 0 Å². The first-order chi connectivity index (χ1) is 14.0. The molecule has 2 aliphatic rings. The standard InChI is InChI=1S/C23H25N3O3/c1-17-15-25(14-13-24(17)16-18-7-3-2-4-8-18)21(27)11-12-26-22(28)19-9-5-6-10-20(19)23(26)29/h2-10,17H,11-16H2,1H3. The zero-order valence-electron chi connectivity index (χ0n) is 16.6. The predicted octanol–water partition coefficient (Wildman–Crippen LogP) is 2.41. The van der Waals surface area contributed by atoms with Crippen molar-refractivity contribution in [1.82, 2.24) is 14.7 Å². The zero-order valence-corrected chi connectivity index (χ0v) is 16.6. The van der Waals surface area contributed by atoms with Crippen molar-refractivity contribution in [2.75, 3.05) is 26.2 Å². The van der Waals surface area contributed by atoms with Crippen molar-refractivity contribution in [2.24, 2.45) is 0 Å². The van der Waals surface area contributed by atoms with Crippen molar-refractivity contribution in [3.63, 3.8) is 0 Å². The number of hydrogen-bond donors (Lipinski definition) is 0. The Morgan fingerprint density at radius 2 is 1.55 bits per heavy atom. The third kappa shape index (κ3) is 3.93. The van der Waals surface area contributed by atoms with Gasteiger partial charge in [0, 0.05) is 45.2 Å². The normalized spacial score (nSPS) is 19.6. The minimum absolute atomic E-state index is 0.00670. The van der Waals surface area contributed by atoms with Gasteiger partial charge in [-0.1, -0.05) is 42.5 Å². The highest BCUT2D eigenvalue weighted by Gasteiger charge is 2.35. The minimum atomic E-state index is -0.306. The Morgan fingerprint density at radius 3 is 2.17 bits per heavy atom. The summed E-state index contributed by atoms with van der Waals surface area (Å²) in [5, 5.41) is 0. The van der Waals surface area contributed by atoms with Crippen LogP contribution in [0, 0.1) is 0 Å². The molecule has 2 aliphatic heterocycles. The lowest BCUT2D eigenvalue weighted by atomic mass is 10.1. The molecule has 4 rings (SSSR count). The average molecular weight is 391 g/mol. The molecule has 1 unspecified atom stereocenters. The molecule has 0 spiro atoms. The van der Waals surface area contributed by atoms with E-state index in [1.54, 1.807) is 24.3 Å². The summed E-state index contributed by atoms with van der Waals surface area (Å²) in [6.45, 7) is 5.27. The number of carbonyl (C=O) groups excluding carboxylic acids is 3. The Labute approximate surface area is 170 Å². The van der Waals surface area contributed by atoms with Crippen molar-refractivity contribution >= 4 is 17.7 Å². The fraction of sp³-hybridized carbons (Fsp3) is 0.348. The maximum Gasteiger partial charge on any atom is 0.261 e. The summed E-state index contributed by atoms with van der Waals surface area (Å²) >= 11 is 0. The van der Waals surface area contributed by atoms with Crippen LogP contribution in [0.1, 0.15) is 39.6 Å². The summed E-state index contributed by atoms with van der Waals surface area (Å²) in [5.41, 5.74) is 2.12. The molecule has 0 aromatic heterocycles. The molecular weight excluding hydrogens is 366 g/mol. The predicted molar refractivity (Wildman–Crippen MR) is 109 cm³/mol. The number of amides is 3. The van der Waals surface area contributed by atoms with Gasteiger partial charge in [0.15, 0.2) is 0 Å². The van der Waals surface area contributed by atoms with Crippen molar-refractivity contribution in [1.29, 1.82) is 0 Å². The van der Waals surface area contributed by atoms with Crippen LogP contribution in [-0.4, -0.2) is 64.6 Å². The van der Waals surface area contributed by atoms with Crippen LogP contribution >= 0.6 is 0 Å². The van der Waals surface area contributed by atoms with Crippen LogP contribution in [0.25, 0.3) is 0 Å². The fourth-order valence-electron chi connectivity index (χ4n) is 4.08. The Bertz CT molecular complexity index is 893. The number of benzene rings is 2. The molecule has 2 heterocycles. The lowest BCUT2D eigenvalue weighted by Crippen LogP contribution is -2.53. The first-order valence-electron chi connectivity index (χ1n) is 10.1. The molecular formula is C23H25N3O3. The van der Waals surface area contributed by atoms with E-state index in [9.17, 15) is 14.4 Å². The molecule has 0 saturated carbocycles. The lowest BCUT2D eigenvalue weighted by molar-refractivity contribution is -0.134. The van der Waals surface area contributed by atoms with Crippen LogP contribution < -0.4 is 0 Å². The number of imide groups is 1. The van der Waals surface area contributed by atoms with E-state index in [0.717, 1.165) is 13.1 Å². The lowest BCUT2D eigenvalue weighted by Gasteiger charge is -2.40. The van der Waals surface area contributed by atoms with E-state index in [1.807, 2.05) is 23.1 Å². The van der Waals surface area contributed by atoms with E-state index in [-0.39, 0.29) is 36.7 Å². The summed E-state index contributed by atoms with van der Waals surface area (Å²) in [5.74, 6) is -0.619. The van der Waals surface area contributed by atoms with Gasteiger partial charge in [-0.3, -0.25) is 24.2 Å². The second-order valence-electron chi connectivity index (χ2n) is 7.70. The molecule has 0 radical (unpaired) electrons. The van der Waals surface area contributed by atoms with Crippen LogP contribution in [-0.2, 0) is 11.3 Å².